The van der Waals surface area contributed by atoms with E-state index < -0.39 is 0 Å². The Kier molecular flexibility index (Phi) is 8.84. The van der Waals surface area contributed by atoms with Crippen molar-refractivity contribution in [1.29, 1.82) is 0 Å². The third kappa shape index (κ3) is 6.29. The second-order valence-corrected chi connectivity index (χ2v) is 10.8. The summed E-state index contributed by atoms with van der Waals surface area (Å²) in [6.45, 7) is 0. The van der Waals surface area contributed by atoms with Crippen molar-refractivity contribution < 1.29 is 24.0 Å². The third-order valence-electron chi connectivity index (χ3n) is 7.75. The van der Waals surface area contributed by atoms with E-state index in [0.29, 0.717) is 28.1 Å². The van der Waals surface area contributed by atoms with Gasteiger partial charge in [0.15, 0.2) is 6.29 Å². The molecule has 2 aliphatic heterocycles. The summed E-state index contributed by atoms with van der Waals surface area (Å²) in [4.78, 5) is 58.5. The molecule has 234 valence electrons. The van der Waals surface area contributed by atoms with Crippen LogP contribution in [0.2, 0.25) is 0 Å². The molecule has 0 atom stereocenters. The second kappa shape index (κ2) is 13.6. The van der Waals surface area contributed by atoms with E-state index in [1.807, 2.05) is 84.9 Å². The number of para-hydroxylation sites is 2. The summed E-state index contributed by atoms with van der Waals surface area (Å²) in [5, 5.41) is 9.18. The summed E-state index contributed by atoms with van der Waals surface area (Å²) in [6, 6.07) is 39.1. The van der Waals surface area contributed by atoms with Crippen LogP contribution in [0.4, 0.5) is 22.7 Å². The zero-order chi connectivity index (χ0) is 33.6. The number of aldehydes is 1. The summed E-state index contributed by atoms with van der Waals surface area (Å²) in [5.74, 6) is -1.25. The Bertz CT molecular complexity index is 2200. The molecule has 9 heteroatoms. The van der Waals surface area contributed by atoms with Crippen LogP contribution in [0, 0.1) is 0 Å². The lowest BCUT2D eigenvalue weighted by Gasteiger charge is -2.18. The molecule has 6 aromatic rings. The fourth-order valence-corrected chi connectivity index (χ4v) is 5.48. The van der Waals surface area contributed by atoms with E-state index in [4.69, 9.17) is 5.73 Å². The zero-order valence-corrected chi connectivity index (χ0v) is 25.4. The van der Waals surface area contributed by atoms with Crippen LogP contribution in [0.25, 0.3) is 21.5 Å². The first-order valence-electron chi connectivity index (χ1n) is 14.9. The molecule has 0 saturated carbocycles. The number of anilines is 4. The number of nitrogen functional groups attached to an aromatic ring is 1. The maximum Gasteiger partial charge on any atom is 0.258 e. The molecule has 4 N–H and O–H groups in total. The number of fused-ring (bicyclic) bond motifs is 1. The number of rotatable bonds is 4. The Hall–Kier alpha value is -6.87. The number of benzene rings is 6. The molecule has 0 fully saturated rings. The van der Waals surface area contributed by atoms with Crippen LogP contribution >= 0.6 is 0 Å². The number of hydrogen-bond donors (Lipinski definition) is 3. The maximum absolute atomic E-state index is 12.0. The highest BCUT2D eigenvalue weighted by atomic mass is 16.2. The van der Waals surface area contributed by atoms with Crippen molar-refractivity contribution in [3.63, 3.8) is 0 Å². The second-order valence-electron chi connectivity index (χ2n) is 10.8. The van der Waals surface area contributed by atoms with E-state index in [1.54, 1.807) is 42.5 Å². The van der Waals surface area contributed by atoms with Crippen molar-refractivity contribution in [3.05, 3.63) is 156 Å². The third-order valence-corrected chi connectivity index (χ3v) is 7.75. The Labute approximate surface area is 275 Å². The summed E-state index contributed by atoms with van der Waals surface area (Å²) in [6.07, 6.45) is 3.34. The molecular weight excluding hydrogens is 604 g/mol. The van der Waals surface area contributed by atoms with Gasteiger partial charge in [0, 0.05) is 62.1 Å². The fraction of sp³-hybridized carbons (Fsp3) is 0. The molecule has 2 aliphatic rings. The van der Waals surface area contributed by atoms with Crippen LogP contribution in [0.15, 0.2) is 140 Å². The maximum atomic E-state index is 12.0. The predicted octanol–water partition coefficient (Wildman–Crippen LogP) is 6.82. The standard InChI is InChI=1S/C20H14N2O2.C12H7NO2.C7H7NO/c23-19-12-13-20(24)22(19)18-11-10-17(15-8-4-5-9-16(15)18)21-14-6-2-1-3-7-14;14-11-8-5-1-3-7-4-2-6-9(10(7)8)12(15)13-11;8-7-4-2-1-3-6(7)5-9/h1-13,21H;1-6H,(H,13,14,15);1-5H,8H2. The van der Waals surface area contributed by atoms with Gasteiger partial charge in [-0.2, -0.15) is 0 Å². The fourth-order valence-electron chi connectivity index (χ4n) is 5.48. The molecule has 0 unspecified atom stereocenters. The first kappa shape index (κ1) is 31.1. The van der Waals surface area contributed by atoms with Gasteiger partial charge in [0.25, 0.3) is 23.6 Å². The van der Waals surface area contributed by atoms with Crippen molar-refractivity contribution in [3.8, 4) is 0 Å². The zero-order valence-electron chi connectivity index (χ0n) is 25.4. The van der Waals surface area contributed by atoms with E-state index in [9.17, 15) is 24.0 Å². The minimum atomic E-state index is -0.315. The van der Waals surface area contributed by atoms with Gasteiger partial charge in [0.2, 0.25) is 0 Å². The van der Waals surface area contributed by atoms with Crippen LogP contribution in [0.3, 0.4) is 0 Å². The number of amides is 4. The van der Waals surface area contributed by atoms with Crippen LogP contribution in [0.1, 0.15) is 31.1 Å². The number of nitrogens with two attached hydrogens (primary N) is 1. The predicted molar refractivity (Wildman–Crippen MR) is 187 cm³/mol. The Morgan fingerprint density at radius 3 is 1.79 bits per heavy atom. The lowest BCUT2D eigenvalue weighted by molar-refractivity contribution is -0.119. The van der Waals surface area contributed by atoms with Crippen LogP contribution in [-0.2, 0) is 9.59 Å². The average Bonchev–Trinajstić information content (AvgIpc) is 3.45. The van der Waals surface area contributed by atoms with Gasteiger partial charge in [0.1, 0.15) is 0 Å². The van der Waals surface area contributed by atoms with Crippen molar-refractivity contribution in [2.75, 3.05) is 16.0 Å². The lowest BCUT2D eigenvalue weighted by Crippen LogP contribution is -2.34. The SMILES string of the molecule is Nc1ccccc1C=O.O=C1C=CC(=O)N1c1ccc(Nc2ccccc2)c2ccccc12.O=C1NC(=O)c2cccc3cccc1c23. The molecule has 9 nitrogen and oxygen atoms in total. The normalized spacial score (nSPS) is 13.0. The number of imide groups is 2. The van der Waals surface area contributed by atoms with E-state index in [-0.39, 0.29) is 23.6 Å². The molecule has 48 heavy (non-hydrogen) atoms. The Morgan fingerprint density at radius 1 is 0.604 bits per heavy atom. The lowest BCUT2D eigenvalue weighted by atomic mass is 9.95. The molecule has 6 aromatic carbocycles. The van der Waals surface area contributed by atoms with E-state index in [0.717, 1.165) is 39.2 Å². The van der Waals surface area contributed by atoms with Gasteiger partial charge < -0.3 is 11.1 Å². The highest BCUT2D eigenvalue weighted by Gasteiger charge is 2.27. The highest BCUT2D eigenvalue weighted by Crippen LogP contribution is 2.35. The average molecular weight is 633 g/mol. The number of nitrogens with zero attached hydrogens (tertiary/aromatic N) is 1. The summed E-state index contributed by atoms with van der Waals surface area (Å²) in [5.41, 5.74) is 10.1. The minimum absolute atomic E-state index is 0.311. The van der Waals surface area contributed by atoms with E-state index >= 15 is 0 Å². The highest BCUT2D eigenvalue weighted by molar-refractivity contribution is 6.30. The largest absolute Gasteiger partial charge is 0.398 e. The molecule has 2 heterocycles. The number of hydrogen-bond acceptors (Lipinski definition) is 7. The molecule has 0 bridgehead atoms. The summed E-state index contributed by atoms with van der Waals surface area (Å²) >= 11 is 0. The molecule has 0 aliphatic carbocycles. The monoisotopic (exact) mass is 632 g/mol. The van der Waals surface area contributed by atoms with Gasteiger partial charge >= 0.3 is 0 Å². The smallest absolute Gasteiger partial charge is 0.258 e. The van der Waals surface area contributed by atoms with Gasteiger partial charge in [-0.1, -0.05) is 78.9 Å². The van der Waals surface area contributed by atoms with Crippen molar-refractivity contribution in [1.82, 2.24) is 5.32 Å². The molecular formula is C39H28N4O5. The van der Waals surface area contributed by atoms with Gasteiger partial charge in [-0.3, -0.25) is 29.3 Å². The van der Waals surface area contributed by atoms with Crippen LogP contribution in [-0.4, -0.2) is 29.9 Å². The van der Waals surface area contributed by atoms with Gasteiger partial charge in [0.05, 0.1) is 5.69 Å². The van der Waals surface area contributed by atoms with E-state index in [1.165, 1.54) is 17.1 Å². The number of carbonyl (C=O) groups is 5. The van der Waals surface area contributed by atoms with E-state index in [2.05, 4.69) is 10.6 Å². The molecule has 8 rings (SSSR count). The number of carbonyl (C=O) groups excluding carboxylic acids is 5. The van der Waals surface area contributed by atoms with Gasteiger partial charge in [-0.05, 0) is 53.9 Å². The molecule has 0 radical (unpaired) electrons. The van der Waals surface area contributed by atoms with Crippen LogP contribution < -0.4 is 21.3 Å². The number of nitrogens with one attached hydrogen (secondary N) is 2. The molecule has 0 spiro atoms. The van der Waals surface area contributed by atoms with Crippen molar-refractivity contribution in [2.24, 2.45) is 0 Å². The minimum Gasteiger partial charge on any atom is -0.398 e. The summed E-state index contributed by atoms with van der Waals surface area (Å²) < 4.78 is 0. The molecule has 0 aromatic heterocycles. The molecule has 4 amide bonds. The van der Waals surface area contributed by atoms with Gasteiger partial charge in [-0.25, -0.2) is 4.90 Å². The first-order valence-corrected chi connectivity index (χ1v) is 14.9. The topological polar surface area (TPSA) is 139 Å². The van der Waals surface area contributed by atoms with Crippen molar-refractivity contribution >= 4 is 74.2 Å². The summed E-state index contributed by atoms with van der Waals surface area (Å²) in [7, 11) is 0. The first-order chi connectivity index (χ1) is 23.4. The van der Waals surface area contributed by atoms with Crippen LogP contribution in [0.5, 0.6) is 0 Å². The van der Waals surface area contributed by atoms with Gasteiger partial charge in [-0.15, -0.1) is 0 Å². The Morgan fingerprint density at radius 2 is 1.19 bits per heavy atom. The Balaban J connectivity index is 0.000000142. The van der Waals surface area contributed by atoms with Crippen molar-refractivity contribution in [2.45, 2.75) is 0 Å². The quantitative estimate of drug-likeness (QED) is 0.110. The molecule has 0 saturated heterocycles.